The van der Waals surface area contributed by atoms with E-state index in [1.165, 1.54) is 7.11 Å². The summed E-state index contributed by atoms with van der Waals surface area (Å²) in [5.74, 6) is -0.369. The highest BCUT2D eigenvalue weighted by Gasteiger charge is 2.35. The van der Waals surface area contributed by atoms with Crippen molar-refractivity contribution in [2.24, 2.45) is 0 Å². The van der Waals surface area contributed by atoms with E-state index in [1.54, 1.807) is 0 Å². The molecule has 0 saturated heterocycles. The number of carbonyl (C=O) groups excluding carboxylic acids is 2. The Morgan fingerprint density at radius 2 is 2.05 bits per heavy atom. The maximum absolute atomic E-state index is 11.9. The average molecular weight is 281 g/mol. The van der Waals surface area contributed by atoms with Gasteiger partial charge in [-0.1, -0.05) is 0 Å². The lowest BCUT2D eigenvalue weighted by Crippen LogP contribution is -2.48. The summed E-state index contributed by atoms with van der Waals surface area (Å²) in [6.07, 6.45) is 4.46. The fraction of sp³-hybridized carbons (Fsp3) is 0.786. The van der Waals surface area contributed by atoms with E-state index in [-0.39, 0.29) is 18.4 Å². The Bertz CT molecular complexity index is 384. The molecule has 20 heavy (non-hydrogen) atoms. The zero-order valence-electron chi connectivity index (χ0n) is 12.3. The Balaban J connectivity index is 2.27. The predicted octanol–water partition coefficient (Wildman–Crippen LogP) is 0.824. The van der Waals surface area contributed by atoms with Gasteiger partial charge in [-0.2, -0.15) is 5.26 Å². The summed E-state index contributed by atoms with van der Waals surface area (Å²) >= 11 is 0. The highest BCUT2D eigenvalue weighted by molar-refractivity contribution is 5.79. The summed E-state index contributed by atoms with van der Waals surface area (Å²) in [6, 6.07) is 2.24. The molecule has 1 amide bonds. The van der Waals surface area contributed by atoms with E-state index in [0.29, 0.717) is 19.4 Å². The van der Waals surface area contributed by atoms with Crippen LogP contribution in [0.2, 0.25) is 0 Å². The number of likely N-dealkylation sites (N-methyl/N-ethyl adjacent to an activating group) is 1. The number of amides is 1. The van der Waals surface area contributed by atoms with E-state index in [9.17, 15) is 14.9 Å². The maximum Gasteiger partial charge on any atom is 0.305 e. The fourth-order valence-corrected chi connectivity index (χ4v) is 2.47. The van der Waals surface area contributed by atoms with Crippen molar-refractivity contribution < 1.29 is 14.3 Å². The average Bonchev–Trinajstić information content (AvgIpc) is 2.87. The zero-order chi connectivity index (χ0) is 15.0. The van der Waals surface area contributed by atoms with Gasteiger partial charge in [0.1, 0.15) is 5.54 Å². The van der Waals surface area contributed by atoms with Gasteiger partial charge in [0.25, 0.3) is 0 Å². The largest absolute Gasteiger partial charge is 0.469 e. The second-order valence-electron chi connectivity index (χ2n) is 5.37. The number of ether oxygens (including phenoxy) is 1. The second kappa shape index (κ2) is 7.85. The van der Waals surface area contributed by atoms with Crippen molar-refractivity contribution in [1.82, 2.24) is 10.2 Å². The smallest absolute Gasteiger partial charge is 0.305 e. The van der Waals surface area contributed by atoms with Crippen LogP contribution in [-0.2, 0) is 14.3 Å². The molecule has 112 valence electrons. The molecule has 1 aliphatic rings. The van der Waals surface area contributed by atoms with Gasteiger partial charge in [-0.15, -0.1) is 0 Å². The van der Waals surface area contributed by atoms with Crippen LogP contribution in [-0.4, -0.2) is 49.6 Å². The van der Waals surface area contributed by atoms with E-state index in [1.807, 2.05) is 11.9 Å². The first-order chi connectivity index (χ1) is 9.51. The minimum atomic E-state index is -0.663. The molecule has 6 nitrogen and oxygen atoms in total. The Hall–Kier alpha value is -1.61. The summed E-state index contributed by atoms with van der Waals surface area (Å²) in [6.45, 7) is 0.882. The summed E-state index contributed by atoms with van der Waals surface area (Å²) < 4.78 is 4.56. The SMILES string of the molecule is COC(=O)CCCN(C)CC(=O)NC1(C#N)CCCC1. The minimum absolute atomic E-state index is 0.131. The van der Waals surface area contributed by atoms with Crippen molar-refractivity contribution in [2.45, 2.75) is 44.1 Å². The van der Waals surface area contributed by atoms with Gasteiger partial charge >= 0.3 is 5.97 Å². The lowest BCUT2D eigenvalue weighted by molar-refractivity contribution is -0.140. The molecule has 0 atom stereocenters. The van der Waals surface area contributed by atoms with E-state index in [0.717, 1.165) is 25.7 Å². The Morgan fingerprint density at radius 3 is 2.60 bits per heavy atom. The number of rotatable bonds is 7. The Kier molecular flexibility index (Phi) is 6.46. The molecule has 0 aliphatic heterocycles. The van der Waals surface area contributed by atoms with E-state index in [2.05, 4.69) is 16.1 Å². The quantitative estimate of drug-likeness (QED) is 0.699. The van der Waals surface area contributed by atoms with Crippen LogP contribution >= 0.6 is 0 Å². The van der Waals surface area contributed by atoms with Gasteiger partial charge in [-0.25, -0.2) is 0 Å². The summed E-state index contributed by atoms with van der Waals surface area (Å²) in [4.78, 5) is 24.7. The van der Waals surface area contributed by atoms with E-state index < -0.39 is 5.54 Å². The molecule has 0 spiro atoms. The van der Waals surface area contributed by atoms with E-state index in [4.69, 9.17) is 0 Å². The van der Waals surface area contributed by atoms with Crippen LogP contribution in [0.3, 0.4) is 0 Å². The topological polar surface area (TPSA) is 82.4 Å². The molecule has 1 aliphatic carbocycles. The third kappa shape index (κ3) is 5.17. The molecule has 1 N–H and O–H groups in total. The number of carbonyl (C=O) groups is 2. The van der Waals surface area contributed by atoms with Crippen LogP contribution in [0.5, 0.6) is 0 Å². The summed E-state index contributed by atoms with van der Waals surface area (Å²) in [7, 11) is 3.19. The second-order valence-corrected chi connectivity index (χ2v) is 5.37. The Labute approximate surface area is 120 Å². The summed E-state index contributed by atoms with van der Waals surface area (Å²) in [5, 5.41) is 12.0. The van der Waals surface area contributed by atoms with Crippen LogP contribution < -0.4 is 5.32 Å². The third-order valence-corrected chi connectivity index (χ3v) is 3.61. The number of nitriles is 1. The number of hydrogen-bond donors (Lipinski definition) is 1. The Morgan fingerprint density at radius 1 is 1.40 bits per heavy atom. The molecule has 0 aromatic rings. The number of nitrogens with one attached hydrogen (secondary N) is 1. The maximum atomic E-state index is 11.9. The van der Waals surface area contributed by atoms with Gasteiger partial charge in [0.15, 0.2) is 0 Å². The zero-order valence-corrected chi connectivity index (χ0v) is 12.3. The van der Waals surface area contributed by atoms with E-state index >= 15 is 0 Å². The van der Waals surface area contributed by atoms with Crippen LogP contribution in [0.25, 0.3) is 0 Å². The van der Waals surface area contributed by atoms with Crippen LogP contribution in [0.15, 0.2) is 0 Å². The molecule has 1 rings (SSSR count). The molecular weight excluding hydrogens is 258 g/mol. The van der Waals surface area contributed by atoms with Crippen molar-refractivity contribution in [3.8, 4) is 6.07 Å². The lowest BCUT2D eigenvalue weighted by Gasteiger charge is -2.24. The first-order valence-corrected chi connectivity index (χ1v) is 6.99. The fourth-order valence-electron chi connectivity index (χ4n) is 2.47. The molecule has 0 unspecified atom stereocenters. The number of hydrogen-bond acceptors (Lipinski definition) is 5. The van der Waals surface area contributed by atoms with Crippen molar-refractivity contribution >= 4 is 11.9 Å². The minimum Gasteiger partial charge on any atom is -0.469 e. The number of nitrogens with zero attached hydrogens (tertiary/aromatic N) is 2. The first-order valence-electron chi connectivity index (χ1n) is 6.99. The van der Waals surface area contributed by atoms with Crippen molar-refractivity contribution in [3.63, 3.8) is 0 Å². The third-order valence-electron chi connectivity index (χ3n) is 3.61. The van der Waals surface area contributed by atoms with Gasteiger partial charge < -0.3 is 10.1 Å². The van der Waals surface area contributed by atoms with Gasteiger partial charge in [0.05, 0.1) is 19.7 Å². The van der Waals surface area contributed by atoms with Gasteiger partial charge in [0.2, 0.25) is 5.91 Å². The van der Waals surface area contributed by atoms with Crippen molar-refractivity contribution in [3.05, 3.63) is 0 Å². The number of methoxy groups -OCH3 is 1. The normalized spacial score (nSPS) is 16.7. The standard InChI is InChI=1S/C14H23N3O3/c1-17(9-5-6-13(19)20-2)10-12(18)16-14(11-15)7-3-4-8-14/h3-10H2,1-2H3,(H,16,18). The summed E-state index contributed by atoms with van der Waals surface area (Å²) in [5.41, 5.74) is -0.663. The molecule has 0 heterocycles. The molecule has 1 saturated carbocycles. The molecule has 0 bridgehead atoms. The predicted molar refractivity (Wildman–Crippen MR) is 73.7 cm³/mol. The monoisotopic (exact) mass is 281 g/mol. The number of esters is 1. The van der Waals surface area contributed by atoms with Gasteiger partial charge in [-0.05, 0) is 45.7 Å². The van der Waals surface area contributed by atoms with Crippen molar-refractivity contribution in [1.29, 1.82) is 5.26 Å². The molecule has 0 radical (unpaired) electrons. The highest BCUT2D eigenvalue weighted by Crippen LogP contribution is 2.28. The lowest BCUT2D eigenvalue weighted by atomic mass is 10.00. The first kappa shape index (κ1) is 16.4. The van der Waals surface area contributed by atoms with Crippen LogP contribution in [0, 0.1) is 11.3 Å². The van der Waals surface area contributed by atoms with Crippen LogP contribution in [0.4, 0.5) is 0 Å². The van der Waals surface area contributed by atoms with Crippen LogP contribution in [0.1, 0.15) is 38.5 Å². The molecule has 0 aromatic heterocycles. The molecule has 0 aromatic carbocycles. The molecular formula is C14H23N3O3. The van der Waals surface area contributed by atoms with Gasteiger partial charge in [0, 0.05) is 6.42 Å². The van der Waals surface area contributed by atoms with Crippen molar-refractivity contribution in [2.75, 3.05) is 27.2 Å². The van der Waals surface area contributed by atoms with Gasteiger partial charge in [-0.3, -0.25) is 14.5 Å². The molecule has 6 heteroatoms. The highest BCUT2D eigenvalue weighted by atomic mass is 16.5. The molecule has 1 fully saturated rings.